The van der Waals surface area contributed by atoms with Crippen molar-refractivity contribution in [2.75, 3.05) is 0 Å². The highest BCUT2D eigenvalue weighted by Crippen LogP contribution is 2.59. The first-order chi connectivity index (χ1) is 14.0. The van der Waals surface area contributed by atoms with Gasteiger partial charge in [0.05, 0.1) is 16.6 Å². The number of epoxide rings is 1. The van der Waals surface area contributed by atoms with Gasteiger partial charge in [-0.15, -0.1) is 0 Å². The molecule has 142 valence electrons. The topological polar surface area (TPSA) is 79.5 Å². The van der Waals surface area contributed by atoms with Gasteiger partial charge in [0.25, 0.3) is 5.69 Å². The first kappa shape index (κ1) is 18.9. The molecule has 6 heteroatoms. The van der Waals surface area contributed by atoms with Crippen molar-refractivity contribution in [1.82, 2.24) is 0 Å². The molecule has 1 aliphatic heterocycles. The lowest BCUT2D eigenvalue weighted by atomic mass is 9.88. The number of ether oxygens (including phenoxy) is 1. The van der Waals surface area contributed by atoms with Crippen LogP contribution in [0, 0.1) is 21.4 Å². The molecule has 1 heterocycles. The molecule has 0 N–H and O–H groups in total. The molecule has 0 spiro atoms. The third kappa shape index (κ3) is 3.64. The zero-order valence-corrected chi connectivity index (χ0v) is 15.9. The second kappa shape index (κ2) is 7.51. The quantitative estimate of drug-likeness (QED) is 0.233. The van der Waals surface area contributed by atoms with E-state index in [1.165, 1.54) is 12.1 Å². The summed E-state index contributed by atoms with van der Waals surface area (Å²) >= 11 is 5.96. The molecule has 4 rings (SSSR count). The fourth-order valence-electron chi connectivity index (χ4n) is 3.38. The largest absolute Gasteiger partial charge is 0.351 e. The van der Waals surface area contributed by atoms with Crippen LogP contribution in [0.1, 0.15) is 22.8 Å². The molecule has 0 aromatic heterocycles. The average molecular weight is 403 g/mol. The second-order valence-electron chi connectivity index (χ2n) is 6.68. The fourth-order valence-corrected chi connectivity index (χ4v) is 3.51. The van der Waals surface area contributed by atoms with Crippen molar-refractivity contribution in [3.63, 3.8) is 0 Å². The minimum atomic E-state index is -0.817. The van der Waals surface area contributed by atoms with Crippen molar-refractivity contribution in [3.8, 4) is 6.07 Å². The summed E-state index contributed by atoms with van der Waals surface area (Å²) in [4.78, 5) is 10.5. The molecule has 5 nitrogen and oxygen atoms in total. The summed E-state index contributed by atoms with van der Waals surface area (Å²) in [5.41, 5.74) is 2.13. The van der Waals surface area contributed by atoms with Crippen molar-refractivity contribution in [3.05, 3.63) is 117 Å². The number of nitrogens with zero attached hydrogens (tertiary/aromatic N) is 2. The van der Waals surface area contributed by atoms with Crippen LogP contribution in [-0.2, 0) is 10.3 Å². The van der Waals surface area contributed by atoms with E-state index in [1.807, 2.05) is 36.4 Å². The van der Waals surface area contributed by atoms with Crippen LogP contribution in [0.2, 0.25) is 5.02 Å². The number of benzene rings is 3. The highest BCUT2D eigenvalue weighted by atomic mass is 35.5. The Morgan fingerprint density at radius 2 is 1.72 bits per heavy atom. The molecule has 0 unspecified atom stereocenters. The highest BCUT2D eigenvalue weighted by molar-refractivity contribution is 6.30. The van der Waals surface area contributed by atoms with Crippen molar-refractivity contribution < 1.29 is 9.66 Å². The molecular formula is C23H15ClN2O3. The van der Waals surface area contributed by atoms with Crippen LogP contribution in [0.15, 0.2) is 84.9 Å². The molecule has 0 aliphatic carbocycles. The first-order valence-corrected chi connectivity index (χ1v) is 9.28. The number of non-ortho nitro benzene ring substituents is 1. The van der Waals surface area contributed by atoms with E-state index in [-0.39, 0.29) is 11.8 Å². The Morgan fingerprint density at radius 1 is 1.07 bits per heavy atom. The lowest BCUT2D eigenvalue weighted by molar-refractivity contribution is -0.384. The summed E-state index contributed by atoms with van der Waals surface area (Å²) in [6.07, 6.45) is 1.47. The zero-order valence-electron chi connectivity index (χ0n) is 15.2. The standard InChI is InChI=1S/C23H15ClN2O3/c24-20-10-6-16(7-11-20)18(15-25)14-23(19-4-2-1-3-5-19)22(29-23)17-8-12-21(13-9-17)26(27)28/h1-14,22H/b18-14+/t22-,23-/m1/s1. The Morgan fingerprint density at radius 3 is 2.31 bits per heavy atom. The Kier molecular flexibility index (Phi) is 4.89. The third-order valence-electron chi connectivity index (χ3n) is 4.91. The van der Waals surface area contributed by atoms with E-state index in [9.17, 15) is 15.4 Å². The van der Waals surface area contributed by atoms with Crippen LogP contribution in [0.5, 0.6) is 0 Å². The molecule has 3 aromatic carbocycles. The monoisotopic (exact) mass is 402 g/mol. The van der Waals surface area contributed by atoms with E-state index in [2.05, 4.69) is 6.07 Å². The lowest BCUT2D eigenvalue weighted by Gasteiger charge is -2.11. The number of allylic oxidation sites excluding steroid dienone is 1. The maximum Gasteiger partial charge on any atom is 0.269 e. The molecule has 1 fully saturated rings. The minimum absolute atomic E-state index is 0.0223. The van der Waals surface area contributed by atoms with Crippen LogP contribution in [-0.4, -0.2) is 4.92 Å². The van der Waals surface area contributed by atoms with Gasteiger partial charge >= 0.3 is 0 Å². The number of nitro groups is 1. The van der Waals surface area contributed by atoms with Crippen LogP contribution in [0.4, 0.5) is 5.69 Å². The van der Waals surface area contributed by atoms with Crippen molar-refractivity contribution in [1.29, 1.82) is 5.26 Å². The summed E-state index contributed by atoms with van der Waals surface area (Å²) in [6.45, 7) is 0. The SMILES string of the molecule is N#C/C(=C\[C@]1(c2ccccc2)O[C@@H]1c1ccc([N+](=O)[O-])cc1)c1ccc(Cl)cc1. The van der Waals surface area contributed by atoms with Gasteiger partial charge in [-0.2, -0.15) is 5.26 Å². The molecule has 0 radical (unpaired) electrons. The summed E-state index contributed by atoms with van der Waals surface area (Å²) in [5.74, 6) is 0. The molecule has 3 aromatic rings. The van der Waals surface area contributed by atoms with Crippen molar-refractivity contribution >= 4 is 22.9 Å². The number of rotatable bonds is 5. The third-order valence-corrected chi connectivity index (χ3v) is 5.16. The van der Waals surface area contributed by atoms with Gasteiger partial charge in [-0.3, -0.25) is 10.1 Å². The maximum atomic E-state index is 10.9. The van der Waals surface area contributed by atoms with E-state index in [4.69, 9.17) is 16.3 Å². The van der Waals surface area contributed by atoms with Gasteiger partial charge < -0.3 is 4.74 Å². The summed E-state index contributed by atoms with van der Waals surface area (Å²) < 4.78 is 6.13. The van der Waals surface area contributed by atoms with E-state index in [0.717, 1.165) is 16.7 Å². The number of hydrogen-bond acceptors (Lipinski definition) is 4. The van der Waals surface area contributed by atoms with Gasteiger partial charge in [-0.25, -0.2) is 0 Å². The Bertz CT molecular complexity index is 1120. The molecule has 1 aliphatic rings. The summed E-state index contributed by atoms with van der Waals surface area (Å²) in [6, 6.07) is 25.2. The van der Waals surface area contributed by atoms with E-state index in [1.54, 1.807) is 36.4 Å². The minimum Gasteiger partial charge on any atom is -0.351 e. The maximum absolute atomic E-state index is 10.9. The smallest absolute Gasteiger partial charge is 0.269 e. The van der Waals surface area contributed by atoms with Gasteiger partial charge in [0, 0.05) is 17.2 Å². The number of halogens is 1. The van der Waals surface area contributed by atoms with Crippen LogP contribution in [0.25, 0.3) is 5.57 Å². The van der Waals surface area contributed by atoms with Crippen LogP contribution in [0.3, 0.4) is 0 Å². The van der Waals surface area contributed by atoms with Gasteiger partial charge in [-0.05, 0) is 47.0 Å². The predicted octanol–water partition coefficient (Wildman–Crippen LogP) is 5.82. The summed E-state index contributed by atoms with van der Waals surface area (Å²) in [7, 11) is 0. The normalized spacial score (nSPS) is 20.7. The van der Waals surface area contributed by atoms with Gasteiger partial charge in [0.1, 0.15) is 11.7 Å². The number of nitro benzene ring substituents is 1. The Balaban J connectivity index is 1.76. The lowest BCUT2D eigenvalue weighted by Crippen LogP contribution is -2.08. The average Bonchev–Trinajstić information content (AvgIpc) is 3.49. The number of hydrogen-bond donors (Lipinski definition) is 0. The molecule has 29 heavy (non-hydrogen) atoms. The Hall–Kier alpha value is -3.46. The number of nitriles is 1. The molecule has 0 bridgehead atoms. The van der Waals surface area contributed by atoms with Crippen molar-refractivity contribution in [2.24, 2.45) is 0 Å². The van der Waals surface area contributed by atoms with Gasteiger partial charge in [0.2, 0.25) is 0 Å². The van der Waals surface area contributed by atoms with E-state index >= 15 is 0 Å². The zero-order chi connectivity index (χ0) is 20.4. The van der Waals surface area contributed by atoms with Gasteiger partial charge in [-0.1, -0.05) is 54.1 Å². The highest BCUT2D eigenvalue weighted by Gasteiger charge is 2.57. The first-order valence-electron chi connectivity index (χ1n) is 8.90. The van der Waals surface area contributed by atoms with E-state index < -0.39 is 10.5 Å². The molecular weight excluding hydrogens is 388 g/mol. The van der Waals surface area contributed by atoms with Crippen molar-refractivity contribution in [2.45, 2.75) is 11.7 Å². The second-order valence-corrected chi connectivity index (χ2v) is 7.12. The predicted molar refractivity (Wildman–Crippen MR) is 110 cm³/mol. The summed E-state index contributed by atoms with van der Waals surface area (Å²) in [5, 5.41) is 21.3. The fraction of sp³-hybridized carbons (Fsp3) is 0.0870. The van der Waals surface area contributed by atoms with E-state index in [0.29, 0.717) is 10.6 Å². The molecule has 0 saturated carbocycles. The molecule has 2 atom stereocenters. The molecule has 0 amide bonds. The van der Waals surface area contributed by atoms with Gasteiger partial charge in [0.15, 0.2) is 0 Å². The molecule has 1 saturated heterocycles. The van der Waals surface area contributed by atoms with Crippen LogP contribution >= 0.6 is 11.6 Å². The van der Waals surface area contributed by atoms with Crippen LogP contribution < -0.4 is 0 Å². The Labute approximate surface area is 172 Å².